The summed E-state index contributed by atoms with van der Waals surface area (Å²) in [5.74, 6) is -0.233. The van der Waals surface area contributed by atoms with Gasteiger partial charge in [0.2, 0.25) is 0 Å². The minimum Gasteiger partial charge on any atom is -0.389 e. The summed E-state index contributed by atoms with van der Waals surface area (Å²) in [7, 11) is 1.67. The average Bonchev–Trinajstić information content (AvgIpc) is 2.37. The van der Waals surface area contributed by atoms with Gasteiger partial charge in [-0.3, -0.25) is 4.90 Å². The summed E-state index contributed by atoms with van der Waals surface area (Å²) in [6.07, 6.45) is 0. The number of rotatable bonds is 7. The molecule has 0 amide bonds. The van der Waals surface area contributed by atoms with Crippen LogP contribution < -0.4 is 5.73 Å². The van der Waals surface area contributed by atoms with Crippen molar-refractivity contribution in [2.45, 2.75) is 26.4 Å². The van der Waals surface area contributed by atoms with Crippen LogP contribution >= 0.6 is 12.2 Å². The van der Waals surface area contributed by atoms with Crippen LogP contribution in [0.3, 0.4) is 0 Å². The molecule has 0 saturated carbocycles. The van der Waals surface area contributed by atoms with Crippen LogP contribution in [0.4, 0.5) is 4.39 Å². The Kier molecular flexibility index (Phi) is 6.34. The van der Waals surface area contributed by atoms with Crippen LogP contribution in [0.25, 0.3) is 0 Å². The molecule has 1 rings (SSSR count). The van der Waals surface area contributed by atoms with Gasteiger partial charge >= 0.3 is 0 Å². The molecular formula is C14H21FN2OS. The lowest BCUT2D eigenvalue weighted by molar-refractivity contribution is 0.0975. The normalized spacial score (nSPS) is 12.7. The summed E-state index contributed by atoms with van der Waals surface area (Å²) >= 11 is 4.92. The number of halogens is 1. The molecule has 1 unspecified atom stereocenters. The van der Waals surface area contributed by atoms with Crippen LogP contribution in [0.1, 0.15) is 25.0 Å². The fourth-order valence-corrected chi connectivity index (χ4v) is 2.12. The SMILES string of the molecule is CCN(Cc1cc(C(N)=S)ccc1F)C(C)COC. The van der Waals surface area contributed by atoms with Crippen LogP contribution in [-0.2, 0) is 11.3 Å². The second-order valence-corrected chi connectivity index (χ2v) is 4.98. The lowest BCUT2D eigenvalue weighted by atomic mass is 10.1. The summed E-state index contributed by atoms with van der Waals surface area (Å²) in [6, 6.07) is 4.97. The summed E-state index contributed by atoms with van der Waals surface area (Å²) in [4.78, 5) is 2.43. The third kappa shape index (κ3) is 4.53. The number of likely N-dealkylation sites (N-methyl/N-ethyl adjacent to an activating group) is 1. The van der Waals surface area contributed by atoms with Gasteiger partial charge in [0.15, 0.2) is 0 Å². The predicted molar refractivity (Wildman–Crippen MR) is 79.7 cm³/mol. The Bertz CT molecular complexity index is 439. The molecule has 0 aliphatic carbocycles. The van der Waals surface area contributed by atoms with Gasteiger partial charge in [0, 0.05) is 30.8 Å². The molecule has 1 atom stereocenters. The molecule has 0 heterocycles. The summed E-state index contributed by atoms with van der Waals surface area (Å²) in [5, 5.41) is 0. The van der Waals surface area contributed by atoms with E-state index in [0.29, 0.717) is 24.3 Å². The first kappa shape index (κ1) is 16.0. The number of hydrogen-bond donors (Lipinski definition) is 1. The van der Waals surface area contributed by atoms with Crippen molar-refractivity contribution in [1.82, 2.24) is 4.90 Å². The maximum Gasteiger partial charge on any atom is 0.127 e. The van der Waals surface area contributed by atoms with E-state index in [0.717, 1.165) is 6.54 Å². The Labute approximate surface area is 119 Å². The van der Waals surface area contributed by atoms with Gasteiger partial charge in [0.1, 0.15) is 10.8 Å². The molecule has 3 nitrogen and oxygen atoms in total. The van der Waals surface area contributed by atoms with Crippen molar-refractivity contribution in [3.8, 4) is 0 Å². The first-order valence-corrected chi connectivity index (χ1v) is 6.71. The largest absolute Gasteiger partial charge is 0.389 e. The van der Waals surface area contributed by atoms with Crippen molar-refractivity contribution >= 4 is 17.2 Å². The molecule has 0 aliphatic rings. The van der Waals surface area contributed by atoms with Gasteiger partial charge in [-0.05, 0) is 31.7 Å². The molecule has 0 spiro atoms. The molecule has 2 N–H and O–H groups in total. The average molecular weight is 284 g/mol. The Balaban J connectivity index is 2.89. The number of methoxy groups -OCH3 is 1. The second-order valence-electron chi connectivity index (χ2n) is 4.54. The smallest absolute Gasteiger partial charge is 0.127 e. The van der Waals surface area contributed by atoms with Crippen molar-refractivity contribution in [3.63, 3.8) is 0 Å². The van der Waals surface area contributed by atoms with Crippen molar-refractivity contribution in [2.75, 3.05) is 20.3 Å². The van der Waals surface area contributed by atoms with Crippen molar-refractivity contribution in [2.24, 2.45) is 5.73 Å². The van der Waals surface area contributed by atoms with E-state index in [1.165, 1.54) is 6.07 Å². The van der Waals surface area contributed by atoms with Crippen LogP contribution in [0, 0.1) is 5.82 Å². The predicted octanol–water partition coefficient (Wildman–Crippen LogP) is 2.32. The number of hydrogen-bond acceptors (Lipinski definition) is 3. The summed E-state index contributed by atoms with van der Waals surface area (Å²) < 4.78 is 19.0. The Hall–Kier alpha value is -1.04. The standard InChI is InChI=1S/C14H21FN2OS/c1-4-17(10(2)9-18-3)8-12-7-11(14(16)19)5-6-13(12)15/h5-7,10H,4,8-9H2,1-3H3,(H2,16,19). The first-order valence-electron chi connectivity index (χ1n) is 6.30. The topological polar surface area (TPSA) is 38.5 Å². The molecule has 19 heavy (non-hydrogen) atoms. The number of benzene rings is 1. The molecule has 106 valence electrons. The van der Waals surface area contributed by atoms with Crippen molar-refractivity contribution in [3.05, 3.63) is 35.1 Å². The molecule has 0 aromatic heterocycles. The molecule has 1 aromatic carbocycles. The highest BCUT2D eigenvalue weighted by molar-refractivity contribution is 7.80. The first-order chi connectivity index (χ1) is 8.99. The van der Waals surface area contributed by atoms with Gasteiger partial charge in [-0.2, -0.15) is 0 Å². The maximum absolute atomic E-state index is 13.8. The van der Waals surface area contributed by atoms with Gasteiger partial charge in [0.05, 0.1) is 6.61 Å². The summed E-state index contributed by atoms with van der Waals surface area (Å²) in [6.45, 7) is 6.05. The molecule has 0 radical (unpaired) electrons. The highest BCUT2D eigenvalue weighted by Gasteiger charge is 2.15. The molecule has 5 heteroatoms. The van der Waals surface area contributed by atoms with Crippen LogP contribution in [0.2, 0.25) is 0 Å². The molecular weight excluding hydrogens is 263 g/mol. The van der Waals surface area contributed by atoms with E-state index in [2.05, 4.69) is 11.8 Å². The third-order valence-electron chi connectivity index (χ3n) is 3.14. The monoisotopic (exact) mass is 284 g/mol. The van der Waals surface area contributed by atoms with Crippen molar-refractivity contribution in [1.29, 1.82) is 0 Å². The molecule has 0 saturated heterocycles. The van der Waals surface area contributed by atoms with E-state index >= 15 is 0 Å². The van der Waals surface area contributed by atoms with Crippen LogP contribution in [-0.4, -0.2) is 36.2 Å². The highest BCUT2D eigenvalue weighted by atomic mass is 32.1. The van der Waals surface area contributed by atoms with Gasteiger partial charge in [0.25, 0.3) is 0 Å². The van der Waals surface area contributed by atoms with Crippen LogP contribution in [0.15, 0.2) is 18.2 Å². The van der Waals surface area contributed by atoms with E-state index in [1.54, 1.807) is 19.2 Å². The minimum absolute atomic E-state index is 0.225. The molecule has 0 aliphatic heterocycles. The van der Waals surface area contributed by atoms with Gasteiger partial charge < -0.3 is 10.5 Å². The van der Waals surface area contributed by atoms with Gasteiger partial charge in [-0.1, -0.05) is 19.1 Å². The van der Waals surface area contributed by atoms with Crippen molar-refractivity contribution < 1.29 is 9.13 Å². The van der Waals surface area contributed by atoms with E-state index < -0.39 is 0 Å². The molecule has 0 bridgehead atoms. The second kappa shape index (κ2) is 7.53. The van der Waals surface area contributed by atoms with E-state index in [9.17, 15) is 4.39 Å². The number of ether oxygens (including phenoxy) is 1. The van der Waals surface area contributed by atoms with Crippen LogP contribution in [0.5, 0.6) is 0 Å². The Morgan fingerprint density at radius 3 is 2.74 bits per heavy atom. The van der Waals surface area contributed by atoms with Gasteiger partial charge in [-0.15, -0.1) is 0 Å². The fraction of sp³-hybridized carbons (Fsp3) is 0.500. The van der Waals surface area contributed by atoms with E-state index in [4.69, 9.17) is 22.7 Å². The summed E-state index contributed by atoms with van der Waals surface area (Å²) in [5.41, 5.74) is 6.88. The lowest BCUT2D eigenvalue weighted by Gasteiger charge is -2.27. The zero-order chi connectivity index (χ0) is 14.4. The number of thiocarbonyl (C=S) groups is 1. The molecule has 1 aromatic rings. The molecule has 0 fully saturated rings. The fourth-order valence-electron chi connectivity index (χ4n) is 1.99. The number of nitrogens with two attached hydrogens (primary N) is 1. The lowest BCUT2D eigenvalue weighted by Crippen LogP contribution is -2.35. The van der Waals surface area contributed by atoms with Gasteiger partial charge in [-0.25, -0.2) is 4.39 Å². The Morgan fingerprint density at radius 1 is 1.53 bits per heavy atom. The quantitative estimate of drug-likeness (QED) is 0.780. The minimum atomic E-state index is -0.233. The Morgan fingerprint density at radius 2 is 2.21 bits per heavy atom. The zero-order valence-corrected chi connectivity index (χ0v) is 12.5. The number of nitrogens with zero attached hydrogens (tertiary/aromatic N) is 1. The van der Waals surface area contributed by atoms with E-state index in [-0.39, 0.29) is 16.8 Å². The zero-order valence-electron chi connectivity index (χ0n) is 11.6. The third-order valence-corrected chi connectivity index (χ3v) is 3.38. The maximum atomic E-state index is 13.8. The highest BCUT2D eigenvalue weighted by Crippen LogP contribution is 2.15. The van der Waals surface area contributed by atoms with E-state index in [1.807, 2.05) is 6.92 Å².